The predicted octanol–water partition coefficient (Wildman–Crippen LogP) is 4.16. The van der Waals surface area contributed by atoms with Crippen LogP contribution in [0.5, 0.6) is 0 Å². The third-order valence-corrected chi connectivity index (χ3v) is 5.52. The fourth-order valence-electron chi connectivity index (χ4n) is 2.01. The molecular weight excluding hydrogens is 409 g/mol. The molecule has 2 rings (SSSR count). The number of anilines is 1. The van der Waals surface area contributed by atoms with Crippen LogP contribution in [0.2, 0.25) is 0 Å². The second kappa shape index (κ2) is 6.57. The van der Waals surface area contributed by atoms with Crippen molar-refractivity contribution in [2.45, 2.75) is 33.5 Å². The summed E-state index contributed by atoms with van der Waals surface area (Å²) in [5.74, 6) is -0.556. The molecule has 128 valence electrons. The largest absolute Gasteiger partial charge is 0.436 e. The first-order valence-electron chi connectivity index (χ1n) is 6.66. The van der Waals surface area contributed by atoms with Crippen molar-refractivity contribution < 1.29 is 18.0 Å². The van der Waals surface area contributed by atoms with Gasteiger partial charge in [-0.25, -0.2) is 0 Å². The van der Waals surface area contributed by atoms with Gasteiger partial charge in [0.2, 0.25) is 5.91 Å². The van der Waals surface area contributed by atoms with E-state index in [2.05, 4.69) is 26.3 Å². The van der Waals surface area contributed by atoms with Crippen LogP contribution in [-0.4, -0.2) is 15.7 Å². The zero-order chi connectivity index (χ0) is 18.2. The molecule has 0 spiro atoms. The van der Waals surface area contributed by atoms with Gasteiger partial charge in [0.1, 0.15) is 17.6 Å². The maximum Gasteiger partial charge on any atom is 0.436 e. The lowest BCUT2D eigenvalue weighted by molar-refractivity contribution is -0.142. The number of aryl methyl sites for hydroxylation is 1. The molecule has 24 heavy (non-hydrogen) atoms. The summed E-state index contributed by atoms with van der Waals surface area (Å²) in [6.07, 6.45) is -4.61. The molecule has 2 heterocycles. The molecule has 0 atom stereocenters. The van der Waals surface area contributed by atoms with Crippen LogP contribution in [0.4, 0.5) is 18.2 Å². The van der Waals surface area contributed by atoms with Gasteiger partial charge in [0.25, 0.3) is 0 Å². The number of nitrogens with one attached hydrogen (secondary N) is 1. The molecule has 2 aromatic heterocycles. The van der Waals surface area contributed by atoms with Crippen LogP contribution in [-0.2, 0) is 17.5 Å². The Kier molecular flexibility index (Phi) is 5.05. The lowest BCUT2D eigenvalue weighted by atomic mass is 10.2. The highest BCUT2D eigenvalue weighted by molar-refractivity contribution is 9.10. The molecule has 1 amide bonds. The van der Waals surface area contributed by atoms with Crippen molar-refractivity contribution in [2.75, 3.05) is 5.32 Å². The summed E-state index contributed by atoms with van der Waals surface area (Å²) < 4.78 is 39.3. The molecule has 0 unspecified atom stereocenters. The van der Waals surface area contributed by atoms with E-state index >= 15 is 0 Å². The minimum absolute atomic E-state index is 0.191. The van der Waals surface area contributed by atoms with Crippen molar-refractivity contribution in [3.63, 3.8) is 0 Å². The number of aromatic nitrogens is 2. The normalized spacial score (nSPS) is 11.4. The maximum atomic E-state index is 12.8. The van der Waals surface area contributed by atoms with Gasteiger partial charge in [0.15, 0.2) is 5.69 Å². The number of nitrogens with zero attached hydrogens (tertiary/aromatic N) is 3. The molecule has 0 radical (unpaired) electrons. The van der Waals surface area contributed by atoms with Crippen LogP contribution in [0.25, 0.3) is 0 Å². The van der Waals surface area contributed by atoms with Crippen LogP contribution in [0, 0.1) is 32.1 Å². The molecule has 5 nitrogen and oxygen atoms in total. The first-order valence-corrected chi connectivity index (χ1v) is 8.27. The number of hydrogen-bond donors (Lipinski definition) is 1. The van der Waals surface area contributed by atoms with Crippen LogP contribution in [0.3, 0.4) is 0 Å². The monoisotopic (exact) mass is 420 g/mol. The SMILES string of the molecule is Cc1sc(NC(=O)Cn2nc(C(F)(F)F)c(Br)c2C)c(C#N)c1C. The van der Waals surface area contributed by atoms with Gasteiger partial charge in [-0.15, -0.1) is 11.3 Å². The lowest BCUT2D eigenvalue weighted by Crippen LogP contribution is -2.20. The van der Waals surface area contributed by atoms with Crippen LogP contribution in [0.15, 0.2) is 4.47 Å². The highest BCUT2D eigenvalue weighted by Crippen LogP contribution is 2.35. The average Bonchev–Trinajstić information content (AvgIpc) is 2.89. The molecule has 0 bridgehead atoms. The molecule has 0 fully saturated rings. The van der Waals surface area contributed by atoms with Crippen LogP contribution >= 0.6 is 27.3 Å². The van der Waals surface area contributed by atoms with E-state index in [0.29, 0.717) is 10.6 Å². The lowest BCUT2D eigenvalue weighted by Gasteiger charge is -2.06. The van der Waals surface area contributed by atoms with Gasteiger partial charge in [-0.05, 0) is 42.3 Å². The van der Waals surface area contributed by atoms with Gasteiger partial charge in [-0.2, -0.15) is 23.5 Å². The summed E-state index contributed by atoms with van der Waals surface area (Å²) in [5, 5.41) is 15.5. The Hall–Kier alpha value is -1.86. The van der Waals surface area contributed by atoms with E-state index in [9.17, 15) is 18.0 Å². The quantitative estimate of drug-likeness (QED) is 0.809. The Morgan fingerprint density at radius 1 is 1.42 bits per heavy atom. The van der Waals surface area contributed by atoms with Crippen molar-refractivity contribution in [3.8, 4) is 6.07 Å². The second-order valence-electron chi connectivity index (χ2n) is 5.05. The molecule has 2 aromatic rings. The molecule has 1 N–H and O–H groups in total. The number of rotatable bonds is 3. The second-order valence-corrected chi connectivity index (χ2v) is 7.07. The van der Waals surface area contributed by atoms with Crippen molar-refractivity contribution in [1.29, 1.82) is 5.26 Å². The van der Waals surface area contributed by atoms with Crippen molar-refractivity contribution in [1.82, 2.24) is 9.78 Å². The summed E-state index contributed by atoms with van der Waals surface area (Å²) in [4.78, 5) is 13.0. The molecule has 0 aliphatic rings. The molecule has 0 aliphatic carbocycles. The van der Waals surface area contributed by atoms with E-state index in [1.807, 2.05) is 13.0 Å². The summed E-state index contributed by atoms with van der Waals surface area (Å²) in [7, 11) is 0. The molecule has 0 aliphatic heterocycles. The Balaban J connectivity index is 2.23. The van der Waals surface area contributed by atoms with Gasteiger partial charge in [-0.1, -0.05) is 0 Å². The number of amides is 1. The number of nitriles is 1. The highest BCUT2D eigenvalue weighted by atomic mass is 79.9. The number of alkyl halides is 3. The third kappa shape index (κ3) is 3.47. The highest BCUT2D eigenvalue weighted by Gasteiger charge is 2.38. The van der Waals surface area contributed by atoms with E-state index in [4.69, 9.17) is 5.26 Å². The number of carbonyl (C=O) groups excluding carboxylic acids is 1. The van der Waals surface area contributed by atoms with Gasteiger partial charge in [0.05, 0.1) is 15.7 Å². The zero-order valence-corrected chi connectivity index (χ0v) is 15.3. The van der Waals surface area contributed by atoms with Gasteiger partial charge >= 0.3 is 6.18 Å². The van der Waals surface area contributed by atoms with Gasteiger partial charge < -0.3 is 5.32 Å². The number of halogens is 4. The fraction of sp³-hybridized carbons (Fsp3) is 0.357. The molecule has 10 heteroatoms. The molecule has 0 saturated heterocycles. The number of thiophene rings is 1. The Morgan fingerprint density at radius 2 is 2.04 bits per heavy atom. The summed E-state index contributed by atoms with van der Waals surface area (Å²) in [6, 6.07) is 2.02. The summed E-state index contributed by atoms with van der Waals surface area (Å²) >= 11 is 4.10. The van der Waals surface area contributed by atoms with Crippen LogP contribution < -0.4 is 5.32 Å². The van der Waals surface area contributed by atoms with E-state index in [1.54, 1.807) is 6.92 Å². The molecule has 0 saturated carbocycles. The standard InChI is InChI=1S/C14H12BrF3N4OS/c1-6-8(3)24-13(9(6)4-19)20-10(23)5-22-7(2)11(15)12(21-22)14(16,17)18/h5H2,1-3H3,(H,20,23). The Morgan fingerprint density at radius 3 is 2.54 bits per heavy atom. The van der Waals surface area contributed by atoms with E-state index in [0.717, 1.165) is 15.1 Å². The first-order chi connectivity index (χ1) is 11.1. The molecular formula is C14H12BrF3N4OS. The molecule has 0 aromatic carbocycles. The fourth-order valence-corrected chi connectivity index (χ4v) is 3.55. The first kappa shape index (κ1) is 18.5. The minimum atomic E-state index is -4.61. The van der Waals surface area contributed by atoms with Crippen LogP contribution in [0.1, 0.15) is 27.4 Å². The summed E-state index contributed by atoms with van der Waals surface area (Å²) in [5.41, 5.74) is 0.250. The average molecular weight is 421 g/mol. The van der Waals surface area contributed by atoms with Crippen molar-refractivity contribution >= 4 is 38.2 Å². The van der Waals surface area contributed by atoms with Gasteiger partial charge in [-0.3, -0.25) is 9.48 Å². The Bertz CT molecular complexity index is 848. The van der Waals surface area contributed by atoms with E-state index in [-0.39, 0.29) is 16.7 Å². The smallest absolute Gasteiger partial charge is 0.315 e. The van der Waals surface area contributed by atoms with Crippen molar-refractivity contribution in [2.24, 2.45) is 0 Å². The summed E-state index contributed by atoms with van der Waals surface area (Å²) in [6.45, 7) is 4.63. The van der Waals surface area contributed by atoms with E-state index < -0.39 is 17.8 Å². The Labute approximate surface area is 148 Å². The van der Waals surface area contributed by atoms with E-state index in [1.165, 1.54) is 18.3 Å². The topological polar surface area (TPSA) is 70.7 Å². The number of carbonyl (C=O) groups is 1. The number of hydrogen-bond acceptors (Lipinski definition) is 4. The zero-order valence-electron chi connectivity index (χ0n) is 12.9. The minimum Gasteiger partial charge on any atom is -0.315 e. The van der Waals surface area contributed by atoms with Crippen molar-refractivity contribution in [3.05, 3.63) is 31.9 Å². The third-order valence-electron chi connectivity index (χ3n) is 3.45. The van der Waals surface area contributed by atoms with Gasteiger partial charge in [0, 0.05) is 4.88 Å². The maximum absolute atomic E-state index is 12.8. The predicted molar refractivity (Wildman–Crippen MR) is 86.8 cm³/mol.